The monoisotopic (exact) mass is 543 g/mol. The van der Waals surface area contributed by atoms with Gasteiger partial charge in [0.1, 0.15) is 29.1 Å². The van der Waals surface area contributed by atoms with Crippen molar-refractivity contribution in [3.63, 3.8) is 0 Å². The normalized spacial score (nSPS) is 23.3. The van der Waals surface area contributed by atoms with Gasteiger partial charge in [0.25, 0.3) is 0 Å². The lowest BCUT2D eigenvalue weighted by Gasteiger charge is -2.32. The number of anilines is 2. The highest BCUT2D eigenvalue weighted by atomic mass is 19.4. The van der Waals surface area contributed by atoms with Gasteiger partial charge in [-0.25, -0.2) is 24.5 Å². The molecule has 3 aliphatic rings. The summed E-state index contributed by atoms with van der Waals surface area (Å²) in [6.07, 6.45) is -2.98. The molecule has 7 rings (SSSR count). The molecule has 2 N–H and O–H groups in total. The third kappa shape index (κ3) is 3.34. The minimum atomic E-state index is -5.69. The van der Waals surface area contributed by atoms with Crippen molar-refractivity contribution < 1.29 is 26.7 Å². The molecule has 3 atom stereocenters. The van der Waals surface area contributed by atoms with Crippen LogP contribution in [0.25, 0.3) is 17.2 Å². The van der Waals surface area contributed by atoms with E-state index in [1.165, 1.54) is 10.7 Å². The van der Waals surface area contributed by atoms with Crippen molar-refractivity contribution in [1.82, 2.24) is 34.5 Å². The molecule has 1 saturated carbocycles. The fourth-order valence-corrected chi connectivity index (χ4v) is 5.55. The highest BCUT2D eigenvalue weighted by molar-refractivity contribution is 6.10. The molecule has 0 radical (unpaired) electrons. The Kier molecular flexibility index (Phi) is 4.66. The Morgan fingerprint density at radius 3 is 2.64 bits per heavy atom. The number of rotatable bonds is 5. The van der Waals surface area contributed by atoms with Gasteiger partial charge in [-0.3, -0.25) is 9.78 Å². The summed E-state index contributed by atoms with van der Waals surface area (Å²) in [5.74, 6) is -4.53. The molecular formula is C24H18F5N9O. The fraction of sp³-hybridized carbons (Fsp3) is 0.375. The molecule has 0 spiro atoms. The van der Waals surface area contributed by atoms with Crippen LogP contribution in [0.15, 0.2) is 30.9 Å². The summed E-state index contributed by atoms with van der Waals surface area (Å²) < 4.78 is 66.8. The zero-order valence-corrected chi connectivity index (χ0v) is 20.1. The molecule has 39 heavy (non-hydrogen) atoms. The van der Waals surface area contributed by atoms with Crippen LogP contribution in [0.1, 0.15) is 35.4 Å². The van der Waals surface area contributed by atoms with E-state index in [1.807, 2.05) is 19.1 Å². The standard InChI is InChI=1S/C24H18F5N9O/c1-10-2-3-15(30-7-10)23-11-6-13(11)34-18-16(23)19(37-21(23)39)36-17(35-18)14-8-38-20(31-9-32-38)12(33-14)4-5-22(25,26)24(27,28)29/h2-3,7-9,11,13H,4-6H2,1H3,(H2,34,35,36,37,39). The van der Waals surface area contributed by atoms with Crippen molar-refractivity contribution in [3.05, 3.63) is 53.4 Å². The Labute approximate surface area is 216 Å². The van der Waals surface area contributed by atoms with Crippen LogP contribution in [0.3, 0.4) is 0 Å². The minimum absolute atomic E-state index is 0.0223. The van der Waals surface area contributed by atoms with E-state index in [9.17, 15) is 26.7 Å². The maximum absolute atomic E-state index is 13.7. The molecule has 0 bridgehead atoms. The second-order valence-electron chi connectivity index (χ2n) is 10.00. The van der Waals surface area contributed by atoms with Crippen LogP contribution < -0.4 is 10.6 Å². The molecule has 200 valence electrons. The predicted octanol–water partition coefficient (Wildman–Crippen LogP) is 3.47. The summed E-state index contributed by atoms with van der Waals surface area (Å²) in [6.45, 7) is 1.90. The van der Waals surface area contributed by atoms with Gasteiger partial charge in [-0.1, -0.05) is 6.07 Å². The first kappa shape index (κ1) is 23.8. The van der Waals surface area contributed by atoms with Crippen LogP contribution >= 0.6 is 0 Å². The maximum atomic E-state index is 13.7. The first-order chi connectivity index (χ1) is 18.5. The van der Waals surface area contributed by atoms with Crippen LogP contribution in [0.2, 0.25) is 0 Å². The van der Waals surface area contributed by atoms with Gasteiger partial charge in [0, 0.05) is 24.6 Å². The molecule has 1 amide bonds. The van der Waals surface area contributed by atoms with E-state index in [1.54, 1.807) is 6.20 Å². The molecule has 1 aliphatic carbocycles. The zero-order chi connectivity index (χ0) is 27.3. The Morgan fingerprint density at radius 2 is 1.90 bits per heavy atom. The van der Waals surface area contributed by atoms with Gasteiger partial charge >= 0.3 is 12.1 Å². The van der Waals surface area contributed by atoms with Gasteiger partial charge in [0.15, 0.2) is 11.5 Å². The molecule has 2 aliphatic heterocycles. The highest BCUT2D eigenvalue weighted by Crippen LogP contribution is 2.61. The van der Waals surface area contributed by atoms with Crippen molar-refractivity contribution in [3.8, 4) is 11.5 Å². The third-order valence-electron chi connectivity index (χ3n) is 7.53. The molecule has 4 aromatic heterocycles. The van der Waals surface area contributed by atoms with E-state index in [2.05, 4.69) is 40.7 Å². The van der Waals surface area contributed by atoms with Crippen LogP contribution in [-0.2, 0) is 16.6 Å². The van der Waals surface area contributed by atoms with Gasteiger partial charge in [-0.15, -0.1) is 0 Å². The Hall–Kier alpha value is -4.30. The number of pyridine rings is 1. The number of fused-ring (bicyclic) bond motifs is 3. The molecule has 6 heterocycles. The van der Waals surface area contributed by atoms with Gasteiger partial charge in [0.2, 0.25) is 5.91 Å². The summed E-state index contributed by atoms with van der Waals surface area (Å²) in [7, 11) is 0. The Balaban J connectivity index is 1.33. The van der Waals surface area contributed by atoms with E-state index in [-0.39, 0.29) is 46.5 Å². The number of carbonyl (C=O) groups is 1. The summed E-state index contributed by atoms with van der Waals surface area (Å²) in [4.78, 5) is 35.5. The van der Waals surface area contributed by atoms with Crippen molar-refractivity contribution in [2.75, 3.05) is 10.6 Å². The smallest absolute Gasteiger partial charge is 0.367 e. The largest absolute Gasteiger partial charge is 0.453 e. The number of nitrogens with zero attached hydrogens (tertiary/aromatic N) is 7. The number of carbonyl (C=O) groups excluding carboxylic acids is 1. The number of hydrogen-bond donors (Lipinski definition) is 2. The number of nitrogens with one attached hydrogen (secondary N) is 2. The van der Waals surface area contributed by atoms with Gasteiger partial charge in [-0.2, -0.15) is 27.1 Å². The van der Waals surface area contributed by atoms with E-state index < -0.39 is 30.4 Å². The zero-order valence-electron chi connectivity index (χ0n) is 20.1. The van der Waals surface area contributed by atoms with Crippen molar-refractivity contribution in [1.29, 1.82) is 0 Å². The van der Waals surface area contributed by atoms with E-state index in [0.29, 0.717) is 17.1 Å². The predicted molar refractivity (Wildman–Crippen MR) is 125 cm³/mol. The molecule has 4 aromatic rings. The number of aryl methyl sites for hydroxylation is 2. The van der Waals surface area contributed by atoms with Crippen LogP contribution in [-0.4, -0.2) is 58.6 Å². The lowest BCUT2D eigenvalue weighted by atomic mass is 9.72. The lowest BCUT2D eigenvalue weighted by molar-refractivity contribution is -0.284. The molecule has 0 saturated heterocycles. The van der Waals surface area contributed by atoms with Crippen molar-refractivity contribution in [2.45, 2.75) is 49.7 Å². The van der Waals surface area contributed by atoms with Crippen LogP contribution in [0.4, 0.5) is 33.6 Å². The molecule has 1 fully saturated rings. The van der Waals surface area contributed by atoms with Gasteiger partial charge < -0.3 is 10.6 Å². The first-order valence-electron chi connectivity index (χ1n) is 12.1. The van der Waals surface area contributed by atoms with Crippen molar-refractivity contribution >= 4 is 23.2 Å². The number of hydrogen-bond acceptors (Lipinski definition) is 8. The Bertz CT molecular complexity index is 1670. The van der Waals surface area contributed by atoms with Crippen LogP contribution in [0, 0.1) is 12.8 Å². The average molecular weight is 543 g/mol. The number of aromatic nitrogens is 7. The maximum Gasteiger partial charge on any atom is 0.453 e. The van der Waals surface area contributed by atoms with Crippen LogP contribution in [0.5, 0.6) is 0 Å². The molecule has 10 nitrogen and oxygen atoms in total. The number of alkyl halides is 5. The molecular weight excluding hydrogens is 525 g/mol. The quantitative estimate of drug-likeness (QED) is 0.367. The summed E-state index contributed by atoms with van der Waals surface area (Å²) in [5.41, 5.74) is 1.02. The van der Waals surface area contributed by atoms with E-state index >= 15 is 0 Å². The van der Waals surface area contributed by atoms with E-state index in [0.717, 1.165) is 18.3 Å². The topological polar surface area (TPSA) is 123 Å². The second-order valence-corrected chi connectivity index (χ2v) is 10.00. The highest BCUT2D eigenvalue weighted by Gasteiger charge is 2.67. The minimum Gasteiger partial charge on any atom is -0.367 e. The van der Waals surface area contributed by atoms with Crippen molar-refractivity contribution in [2.24, 2.45) is 5.92 Å². The number of halogens is 5. The fourth-order valence-electron chi connectivity index (χ4n) is 5.55. The summed E-state index contributed by atoms with van der Waals surface area (Å²) in [6, 6.07) is 3.69. The molecule has 15 heteroatoms. The molecule has 0 aromatic carbocycles. The van der Waals surface area contributed by atoms with Gasteiger partial charge in [-0.05, 0) is 31.4 Å². The first-order valence-corrected chi connectivity index (χ1v) is 12.1. The summed E-state index contributed by atoms with van der Waals surface area (Å²) >= 11 is 0. The van der Waals surface area contributed by atoms with Gasteiger partial charge in [0.05, 0.1) is 23.1 Å². The lowest BCUT2D eigenvalue weighted by Crippen LogP contribution is -2.43. The Morgan fingerprint density at radius 1 is 1.10 bits per heavy atom. The number of amides is 1. The SMILES string of the molecule is Cc1ccc(C23C(=O)Nc4nc(-c5cn6ncnc6c(CCC(F)(F)C(F)(F)F)n5)nc(c42)NC2CC23)nc1. The second kappa shape index (κ2) is 7.64. The molecule has 3 unspecified atom stereocenters. The van der Waals surface area contributed by atoms with E-state index in [4.69, 9.17) is 0 Å². The third-order valence-corrected chi connectivity index (χ3v) is 7.53. The summed E-state index contributed by atoms with van der Waals surface area (Å²) in [5, 5.41) is 10.2. The average Bonchev–Trinajstić information content (AvgIpc) is 3.38.